The van der Waals surface area contributed by atoms with Crippen LogP contribution < -0.4 is 19.9 Å². The van der Waals surface area contributed by atoms with Crippen molar-refractivity contribution in [1.82, 2.24) is 5.32 Å². The summed E-state index contributed by atoms with van der Waals surface area (Å²) in [6.45, 7) is 5.95. The van der Waals surface area contributed by atoms with Crippen LogP contribution in [0, 0.1) is 5.92 Å². The maximum atomic E-state index is 12.3. The Hall–Kier alpha value is -2.52. The number of sulfonamides is 1. The van der Waals surface area contributed by atoms with E-state index < -0.39 is 10.0 Å². The molecule has 1 aliphatic rings. The molecule has 0 spiro atoms. The van der Waals surface area contributed by atoms with Crippen molar-refractivity contribution >= 4 is 15.9 Å². The van der Waals surface area contributed by atoms with Crippen LogP contribution in [0.4, 0.5) is 0 Å². The molecule has 2 rings (SSSR count). The molecule has 8 nitrogen and oxygen atoms in total. The molecule has 1 amide bonds. The second-order valence-corrected chi connectivity index (χ2v) is 8.76. The summed E-state index contributed by atoms with van der Waals surface area (Å²) in [4.78, 5) is 12.3. The largest absolute Gasteiger partial charge is 0.499 e. The highest BCUT2D eigenvalue weighted by Crippen LogP contribution is 2.33. The summed E-state index contributed by atoms with van der Waals surface area (Å²) in [6, 6.07) is 6.94. The number of rotatable bonds is 10. The molecule has 0 fully saturated rings. The lowest BCUT2D eigenvalue weighted by atomic mass is 9.90. The van der Waals surface area contributed by atoms with Gasteiger partial charge in [-0.3, -0.25) is 4.79 Å². The van der Waals surface area contributed by atoms with Gasteiger partial charge >= 0.3 is 0 Å². The van der Waals surface area contributed by atoms with Gasteiger partial charge in [0.2, 0.25) is 10.0 Å². The smallest absolute Gasteiger partial charge is 0.258 e. The van der Waals surface area contributed by atoms with Crippen molar-refractivity contribution in [3.8, 4) is 11.5 Å². The SMILES string of the molecule is CCOc1ccccc1OCC(=O)N[C@H](C)CC1=CC(S(N)(=O)=O)=C(OC)C(C)C1. The summed E-state index contributed by atoms with van der Waals surface area (Å²) >= 11 is 0. The van der Waals surface area contributed by atoms with E-state index in [1.165, 1.54) is 7.11 Å². The van der Waals surface area contributed by atoms with Gasteiger partial charge in [-0.2, -0.15) is 0 Å². The van der Waals surface area contributed by atoms with E-state index in [-0.39, 0.29) is 29.4 Å². The molecule has 0 saturated heterocycles. The minimum Gasteiger partial charge on any atom is -0.499 e. The summed E-state index contributed by atoms with van der Waals surface area (Å²) in [6.07, 6.45) is 2.66. The standard InChI is InChI=1S/C21H30N2O6S/c1-5-28-17-8-6-7-9-18(17)29-13-20(24)23-15(3)11-16-10-14(2)21(27-4)19(12-16)30(22,25)26/h6-9,12,14-15H,5,10-11,13H2,1-4H3,(H,23,24)(H2,22,25,26)/t14?,15-/m1/s1. The molecule has 1 aromatic carbocycles. The van der Waals surface area contributed by atoms with Crippen LogP contribution in [0.1, 0.15) is 33.6 Å². The molecule has 0 aromatic heterocycles. The van der Waals surface area contributed by atoms with Crippen LogP contribution in [0.25, 0.3) is 0 Å². The third kappa shape index (κ3) is 6.50. The Morgan fingerprint density at radius 2 is 1.90 bits per heavy atom. The Bertz CT molecular complexity index is 923. The molecule has 1 aliphatic carbocycles. The van der Waals surface area contributed by atoms with E-state index in [1.54, 1.807) is 24.3 Å². The lowest BCUT2D eigenvalue weighted by molar-refractivity contribution is -0.123. The first kappa shape index (κ1) is 23.8. The van der Waals surface area contributed by atoms with E-state index in [0.29, 0.717) is 36.7 Å². The zero-order valence-electron chi connectivity index (χ0n) is 17.8. The molecule has 0 radical (unpaired) electrons. The zero-order valence-corrected chi connectivity index (χ0v) is 18.6. The van der Waals surface area contributed by atoms with Gasteiger partial charge in [-0.25, -0.2) is 13.6 Å². The lowest BCUT2D eigenvalue weighted by Gasteiger charge is -2.25. The quantitative estimate of drug-likeness (QED) is 0.580. The first-order chi connectivity index (χ1) is 14.2. The normalized spacial score (nSPS) is 17.8. The van der Waals surface area contributed by atoms with Crippen LogP contribution in [0.3, 0.4) is 0 Å². The highest BCUT2D eigenvalue weighted by Gasteiger charge is 2.28. The van der Waals surface area contributed by atoms with Gasteiger partial charge in [0, 0.05) is 12.0 Å². The topological polar surface area (TPSA) is 117 Å². The Morgan fingerprint density at radius 3 is 2.47 bits per heavy atom. The average Bonchev–Trinajstić information content (AvgIpc) is 2.66. The fraction of sp³-hybridized carbons (Fsp3) is 0.476. The highest BCUT2D eigenvalue weighted by molar-refractivity contribution is 7.93. The highest BCUT2D eigenvalue weighted by atomic mass is 32.2. The minimum atomic E-state index is -3.90. The zero-order chi connectivity index (χ0) is 22.3. The van der Waals surface area contributed by atoms with Crippen molar-refractivity contribution in [3.63, 3.8) is 0 Å². The summed E-state index contributed by atoms with van der Waals surface area (Å²) in [7, 11) is -2.47. The van der Waals surface area contributed by atoms with Crippen molar-refractivity contribution in [2.45, 2.75) is 39.7 Å². The average molecular weight is 439 g/mol. The molecule has 0 aliphatic heterocycles. The number of hydrogen-bond acceptors (Lipinski definition) is 6. The summed E-state index contributed by atoms with van der Waals surface area (Å²) in [5, 5.41) is 8.20. The molecule has 3 N–H and O–H groups in total. The molecule has 0 heterocycles. The number of carbonyl (C=O) groups is 1. The van der Waals surface area contributed by atoms with E-state index >= 15 is 0 Å². The van der Waals surface area contributed by atoms with Gasteiger partial charge in [0.25, 0.3) is 5.91 Å². The second kappa shape index (κ2) is 10.5. The van der Waals surface area contributed by atoms with E-state index in [2.05, 4.69) is 5.32 Å². The molecular formula is C21H30N2O6S. The second-order valence-electron chi connectivity index (χ2n) is 7.23. The molecule has 0 saturated carbocycles. The van der Waals surface area contributed by atoms with Crippen molar-refractivity contribution in [2.75, 3.05) is 20.3 Å². The number of allylic oxidation sites excluding steroid dienone is 2. The molecule has 30 heavy (non-hydrogen) atoms. The summed E-state index contributed by atoms with van der Waals surface area (Å²) < 4.78 is 40.1. The number of carbonyl (C=O) groups excluding carboxylic acids is 1. The molecule has 1 unspecified atom stereocenters. The molecule has 166 valence electrons. The third-order valence-corrected chi connectivity index (χ3v) is 5.54. The summed E-state index contributed by atoms with van der Waals surface area (Å²) in [5.41, 5.74) is 0.878. The Kier molecular flexibility index (Phi) is 8.31. The van der Waals surface area contributed by atoms with Gasteiger partial charge in [-0.05, 0) is 44.9 Å². The maximum Gasteiger partial charge on any atom is 0.258 e. The van der Waals surface area contributed by atoms with Crippen molar-refractivity contribution in [1.29, 1.82) is 0 Å². The fourth-order valence-corrected chi connectivity index (χ4v) is 4.35. The first-order valence-corrected chi connectivity index (χ1v) is 11.3. The van der Waals surface area contributed by atoms with Crippen LogP contribution in [0.5, 0.6) is 11.5 Å². The Morgan fingerprint density at radius 1 is 1.27 bits per heavy atom. The van der Waals surface area contributed by atoms with E-state index in [4.69, 9.17) is 19.3 Å². The van der Waals surface area contributed by atoms with E-state index in [1.807, 2.05) is 26.8 Å². The molecule has 2 atom stereocenters. The molecule has 1 aromatic rings. The predicted molar refractivity (Wildman–Crippen MR) is 114 cm³/mol. The fourth-order valence-electron chi connectivity index (χ4n) is 3.46. The third-order valence-electron chi connectivity index (χ3n) is 4.60. The lowest BCUT2D eigenvalue weighted by Crippen LogP contribution is -2.36. The number of hydrogen-bond donors (Lipinski definition) is 2. The number of nitrogens with two attached hydrogens (primary N) is 1. The van der Waals surface area contributed by atoms with E-state index in [0.717, 1.165) is 5.57 Å². The van der Waals surface area contributed by atoms with Gasteiger partial charge < -0.3 is 19.5 Å². The monoisotopic (exact) mass is 438 g/mol. The maximum absolute atomic E-state index is 12.3. The number of ether oxygens (including phenoxy) is 3. The van der Waals surface area contributed by atoms with Gasteiger partial charge in [-0.15, -0.1) is 0 Å². The van der Waals surface area contributed by atoms with Gasteiger partial charge in [0.05, 0.1) is 13.7 Å². The van der Waals surface area contributed by atoms with Crippen molar-refractivity contribution in [3.05, 3.63) is 46.6 Å². The number of primary sulfonamides is 1. The Labute approximate surface area is 178 Å². The Balaban J connectivity index is 1.97. The molecular weight excluding hydrogens is 408 g/mol. The van der Waals surface area contributed by atoms with E-state index in [9.17, 15) is 13.2 Å². The first-order valence-electron chi connectivity index (χ1n) is 9.80. The predicted octanol–water partition coefficient (Wildman–Crippen LogP) is 2.47. The van der Waals surface area contributed by atoms with Crippen LogP contribution in [-0.2, 0) is 19.6 Å². The van der Waals surface area contributed by atoms with Gasteiger partial charge in [0.15, 0.2) is 18.1 Å². The number of nitrogens with one attached hydrogen (secondary N) is 1. The number of benzene rings is 1. The minimum absolute atomic E-state index is 0.00635. The molecule has 0 bridgehead atoms. The van der Waals surface area contributed by atoms with Crippen LogP contribution in [-0.4, -0.2) is 40.7 Å². The number of para-hydroxylation sites is 2. The van der Waals surface area contributed by atoms with Crippen LogP contribution >= 0.6 is 0 Å². The van der Waals surface area contributed by atoms with Crippen molar-refractivity contribution in [2.24, 2.45) is 11.1 Å². The van der Waals surface area contributed by atoms with Gasteiger partial charge in [0.1, 0.15) is 10.7 Å². The van der Waals surface area contributed by atoms with Crippen molar-refractivity contribution < 1.29 is 27.4 Å². The number of methoxy groups -OCH3 is 1. The molecule has 9 heteroatoms. The summed E-state index contributed by atoms with van der Waals surface area (Å²) in [5.74, 6) is 1.04. The van der Waals surface area contributed by atoms with Crippen LogP contribution in [0.15, 0.2) is 46.6 Å². The van der Waals surface area contributed by atoms with Crippen LogP contribution in [0.2, 0.25) is 0 Å². The number of amides is 1. The van der Waals surface area contributed by atoms with Gasteiger partial charge in [-0.1, -0.05) is 24.6 Å².